The predicted molar refractivity (Wildman–Crippen MR) is 112 cm³/mol. The van der Waals surface area contributed by atoms with Crippen LogP contribution in [0.5, 0.6) is 0 Å². The third kappa shape index (κ3) is 5.18. The molecule has 0 atom stereocenters. The minimum Gasteiger partial charge on any atom is -0.305 e. The van der Waals surface area contributed by atoms with Crippen LogP contribution in [0.3, 0.4) is 0 Å². The molecule has 1 N–H and O–H groups in total. The van der Waals surface area contributed by atoms with Crippen molar-refractivity contribution in [2.24, 2.45) is 12.1 Å². The largest absolute Gasteiger partial charge is 0.305 e. The lowest BCUT2D eigenvalue weighted by Crippen LogP contribution is -2.19. The Bertz CT molecular complexity index is 991. The molecule has 0 aliphatic rings. The number of halogens is 2. The lowest BCUT2D eigenvalue weighted by Gasteiger charge is -2.05. The Balaban J connectivity index is 1.57. The summed E-state index contributed by atoms with van der Waals surface area (Å²) in [7, 11) is 1.84. The summed E-state index contributed by atoms with van der Waals surface area (Å²) in [6, 6.07) is 15.0. The first-order chi connectivity index (χ1) is 13.0. The molecular formula is C18H15BrClN5OS. The van der Waals surface area contributed by atoms with Crippen LogP contribution in [0.25, 0.3) is 11.4 Å². The monoisotopic (exact) mass is 463 g/mol. The third-order valence-electron chi connectivity index (χ3n) is 3.53. The van der Waals surface area contributed by atoms with Gasteiger partial charge in [0.15, 0.2) is 11.0 Å². The van der Waals surface area contributed by atoms with Crippen molar-refractivity contribution in [3.8, 4) is 11.4 Å². The molecule has 0 unspecified atom stereocenters. The van der Waals surface area contributed by atoms with Crippen LogP contribution in [0.2, 0.25) is 5.02 Å². The van der Waals surface area contributed by atoms with Crippen LogP contribution < -0.4 is 5.43 Å². The number of aromatic nitrogens is 3. The van der Waals surface area contributed by atoms with Crippen molar-refractivity contribution < 1.29 is 4.79 Å². The lowest BCUT2D eigenvalue weighted by molar-refractivity contribution is -0.118. The molecule has 0 saturated heterocycles. The number of nitrogens with zero attached hydrogens (tertiary/aromatic N) is 4. The second-order valence-corrected chi connectivity index (χ2v) is 7.75. The quantitative estimate of drug-likeness (QED) is 0.338. The van der Waals surface area contributed by atoms with Crippen LogP contribution in [0.15, 0.2) is 63.3 Å². The summed E-state index contributed by atoms with van der Waals surface area (Å²) in [5, 5.41) is 13.5. The Labute approximate surface area is 174 Å². The van der Waals surface area contributed by atoms with Gasteiger partial charge in [-0.15, -0.1) is 10.2 Å². The fourth-order valence-corrected chi connectivity index (χ4v) is 3.59. The molecule has 3 aromatic rings. The van der Waals surface area contributed by atoms with Crippen molar-refractivity contribution in [2.75, 3.05) is 5.75 Å². The fourth-order valence-electron chi connectivity index (χ4n) is 2.25. The first kappa shape index (κ1) is 19.6. The first-order valence-corrected chi connectivity index (χ1v) is 10.0. The number of hydrogen-bond acceptors (Lipinski definition) is 5. The highest BCUT2D eigenvalue weighted by atomic mass is 79.9. The number of carbonyl (C=O) groups is 1. The van der Waals surface area contributed by atoms with Gasteiger partial charge in [-0.1, -0.05) is 63.6 Å². The Morgan fingerprint density at radius 1 is 1.30 bits per heavy atom. The van der Waals surface area contributed by atoms with Gasteiger partial charge in [0.05, 0.1) is 17.0 Å². The highest BCUT2D eigenvalue weighted by Crippen LogP contribution is 2.28. The van der Waals surface area contributed by atoms with Gasteiger partial charge < -0.3 is 4.57 Å². The van der Waals surface area contributed by atoms with E-state index in [-0.39, 0.29) is 11.7 Å². The number of carbonyl (C=O) groups excluding carboxylic acids is 1. The van der Waals surface area contributed by atoms with Crippen molar-refractivity contribution in [1.29, 1.82) is 0 Å². The van der Waals surface area contributed by atoms with E-state index >= 15 is 0 Å². The fraction of sp³-hybridized carbons (Fsp3) is 0.111. The molecule has 1 aromatic heterocycles. The maximum Gasteiger partial charge on any atom is 0.250 e. The summed E-state index contributed by atoms with van der Waals surface area (Å²) < 4.78 is 2.76. The van der Waals surface area contributed by atoms with E-state index in [1.54, 1.807) is 12.3 Å². The van der Waals surface area contributed by atoms with Gasteiger partial charge in [-0.2, -0.15) is 5.10 Å². The summed E-state index contributed by atoms with van der Waals surface area (Å²) in [6.07, 6.45) is 1.59. The van der Waals surface area contributed by atoms with E-state index < -0.39 is 0 Å². The maximum atomic E-state index is 12.0. The van der Waals surface area contributed by atoms with Crippen LogP contribution in [0.1, 0.15) is 5.56 Å². The minimum absolute atomic E-state index is 0.171. The Kier molecular flexibility index (Phi) is 6.65. The highest BCUT2D eigenvalue weighted by molar-refractivity contribution is 9.10. The topological polar surface area (TPSA) is 72.2 Å². The van der Waals surface area contributed by atoms with E-state index in [1.165, 1.54) is 11.8 Å². The zero-order valence-corrected chi connectivity index (χ0v) is 17.4. The van der Waals surface area contributed by atoms with E-state index in [2.05, 4.69) is 36.7 Å². The Morgan fingerprint density at radius 2 is 2.11 bits per heavy atom. The molecule has 2 aromatic carbocycles. The molecule has 0 fully saturated rings. The van der Waals surface area contributed by atoms with Crippen molar-refractivity contribution in [1.82, 2.24) is 20.2 Å². The van der Waals surface area contributed by atoms with E-state index in [0.29, 0.717) is 16.0 Å². The average Bonchev–Trinajstić information content (AvgIpc) is 3.01. The highest BCUT2D eigenvalue weighted by Gasteiger charge is 2.14. The predicted octanol–water partition coefficient (Wildman–Crippen LogP) is 4.14. The Hall–Kier alpha value is -2.16. The lowest BCUT2D eigenvalue weighted by atomic mass is 10.2. The van der Waals surface area contributed by atoms with E-state index in [9.17, 15) is 4.79 Å². The molecule has 0 spiro atoms. The summed E-state index contributed by atoms with van der Waals surface area (Å²) in [6.45, 7) is 0. The standard InChI is InChI=1S/C18H15BrClN5OS/c1-25-17(14-7-2-3-8-15(14)20)23-24-18(25)27-11-16(26)22-21-10-12-5-4-6-13(19)9-12/h2-10H,11H2,1H3,(H,22,26)/b21-10-. The molecule has 0 aliphatic carbocycles. The number of amides is 1. The number of thioether (sulfide) groups is 1. The van der Waals surface area contributed by atoms with E-state index in [0.717, 1.165) is 15.6 Å². The van der Waals surface area contributed by atoms with Gasteiger partial charge in [0.1, 0.15) is 0 Å². The number of benzene rings is 2. The summed E-state index contributed by atoms with van der Waals surface area (Å²) in [5.74, 6) is 0.592. The third-order valence-corrected chi connectivity index (χ3v) is 5.38. The number of hydrazone groups is 1. The van der Waals surface area contributed by atoms with E-state index in [1.807, 2.05) is 54.1 Å². The van der Waals surface area contributed by atoms with Gasteiger partial charge in [0.2, 0.25) is 0 Å². The normalized spacial score (nSPS) is 11.1. The Morgan fingerprint density at radius 3 is 2.89 bits per heavy atom. The molecule has 0 saturated carbocycles. The minimum atomic E-state index is -0.228. The second-order valence-electron chi connectivity index (χ2n) is 5.48. The van der Waals surface area contributed by atoms with Crippen LogP contribution in [0.4, 0.5) is 0 Å². The van der Waals surface area contributed by atoms with Gasteiger partial charge >= 0.3 is 0 Å². The molecule has 0 bridgehead atoms. The first-order valence-electron chi connectivity index (χ1n) is 7.89. The summed E-state index contributed by atoms with van der Waals surface area (Å²) in [4.78, 5) is 12.0. The summed E-state index contributed by atoms with van der Waals surface area (Å²) in [5.41, 5.74) is 4.18. The molecular weight excluding hydrogens is 450 g/mol. The van der Waals surface area contributed by atoms with Crippen LogP contribution >= 0.6 is 39.3 Å². The number of nitrogens with one attached hydrogen (secondary N) is 1. The van der Waals surface area contributed by atoms with Crippen LogP contribution in [0, 0.1) is 0 Å². The van der Waals surface area contributed by atoms with Crippen molar-refractivity contribution in [2.45, 2.75) is 5.16 Å². The zero-order chi connectivity index (χ0) is 19.2. The zero-order valence-electron chi connectivity index (χ0n) is 14.3. The SMILES string of the molecule is Cn1c(SCC(=O)N/N=C\c2cccc(Br)c2)nnc1-c1ccccc1Cl. The number of rotatable bonds is 6. The maximum absolute atomic E-state index is 12.0. The van der Waals surface area contributed by atoms with Crippen molar-refractivity contribution >= 4 is 51.4 Å². The smallest absolute Gasteiger partial charge is 0.250 e. The molecule has 27 heavy (non-hydrogen) atoms. The molecule has 1 heterocycles. The molecule has 1 amide bonds. The molecule has 6 nitrogen and oxygen atoms in total. The van der Waals surface area contributed by atoms with E-state index in [4.69, 9.17) is 11.6 Å². The molecule has 138 valence electrons. The van der Waals surface area contributed by atoms with Crippen molar-refractivity contribution in [3.63, 3.8) is 0 Å². The van der Waals surface area contributed by atoms with Crippen molar-refractivity contribution in [3.05, 3.63) is 63.6 Å². The van der Waals surface area contributed by atoms with Crippen LogP contribution in [-0.2, 0) is 11.8 Å². The second kappa shape index (κ2) is 9.16. The molecule has 0 radical (unpaired) electrons. The van der Waals surface area contributed by atoms with Gasteiger partial charge in [0.25, 0.3) is 5.91 Å². The van der Waals surface area contributed by atoms with Crippen LogP contribution in [-0.4, -0.2) is 32.6 Å². The summed E-state index contributed by atoms with van der Waals surface area (Å²) >= 11 is 10.9. The van der Waals surface area contributed by atoms with Gasteiger partial charge in [0, 0.05) is 17.1 Å². The van der Waals surface area contributed by atoms with Gasteiger partial charge in [-0.05, 0) is 29.8 Å². The number of hydrogen-bond donors (Lipinski definition) is 1. The average molecular weight is 465 g/mol. The van der Waals surface area contributed by atoms with Gasteiger partial charge in [-0.3, -0.25) is 4.79 Å². The molecule has 0 aliphatic heterocycles. The van der Waals surface area contributed by atoms with Gasteiger partial charge in [-0.25, -0.2) is 5.43 Å². The molecule has 3 rings (SSSR count). The molecule has 9 heteroatoms.